The Morgan fingerprint density at radius 1 is 1.00 bits per heavy atom. The maximum atomic E-state index is 15.5. The zero-order valence-electron chi connectivity index (χ0n) is 25.2. The summed E-state index contributed by atoms with van der Waals surface area (Å²) in [6.07, 6.45) is 1.14. The Morgan fingerprint density at radius 2 is 1.70 bits per heavy atom. The standard InChI is InChI=1S/C33H36FN5O5/c1-18-22(20-13-27(34)25(29(14-20)44-4)16-35-21-11-12-30(40)36-15-21)7-5-8-23(18)24-9-6-10-28(19(24)2)38-31(41)26-17-37-33(43)39(3)32(26)42/h5-10,13-14,21,26,35H,11-12,15-17H2,1-4H3,(H,36,40)(H,37,43)(H,38,41)/t21-,26?/m1/s1. The number of amides is 5. The van der Waals surface area contributed by atoms with E-state index in [1.165, 1.54) is 20.2 Å². The van der Waals surface area contributed by atoms with Crippen molar-refractivity contribution in [1.82, 2.24) is 20.9 Å². The average Bonchev–Trinajstić information content (AvgIpc) is 3.01. The Morgan fingerprint density at radius 3 is 2.41 bits per heavy atom. The molecule has 0 aliphatic carbocycles. The summed E-state index contributed by atoms with van der Waals surface area (Å²) in [5, 5.41) is 11.6. The average molecular weight is 602 g/mol. The lowest BCUT2D eigenvalue weighted by molar-refractivity contribution is -0.138. The van der Waals surface area contributed by atoms with Crippen molar-refractivity contribution in [3.63, 3.8) is 0 Å². The summed E-state index contributed by atoms with van der Waals surface area (Å²) in [6, 6.07) is 14.2. The van der Waals surface area contributed by atoms with E-state index in [1.54, 1.807) is 6.07 Å². The first-order valence-electron chi connectivity index (χ1n) is 14.5. The molecule has 5 rings (SSSR count). The molecule has 11 heteroatoms. The summed E-state index contributed by atoms with van der Waals surface area (Å²) in [7, 11) is 2.85. The molecule has 3 aromatic carbocycles. The van der Waals surface area contributed by atoms with E-state index in [2.05, 4.69) is 21.3 Å². The van der Waals surface area contributed by atoms with Gasteiger partial charge in [0, 0.05) is 50.4 Å². The molecule has 44 heavy (non-hydrogen) atoms. The lowest BCUT2D eigenvalue weighted by Crippen LogP contribution is -2.56. The SMILES string of the molecule is COc1cc(-c2cccc(-c3cccc(NC(=O)C4CNC(=O)N(C)C4=O)c3C)c2C)cc(F)c1CN[C@@H]1CCC(=O)NC1. The molecule has 4 N–H and O–H groups in total. The second-order valence-electron chi connectivity index (χ2n) is 11.1. The van der Waals surface area contributed by atoms with Crippen molar-refractivity contribution in [2.75, 3.05) is 32.6 Å². The van der Waals surface area contributed by atoms with Gasteiger partial charge in [0.1, 0.15) is 17.5 Å². The van der Waals surface area contributed by atoms with Crippen LogP contribution in [0.2, 0.25) is 0 Å². The van der Waals surface area contributed by atoms with Gasteiger partial charge in [-0.2, -0.15) is 0 Å². The normalized spacial score (nSPS) is 18.5. The number of halogens is 1. The number of nitrogens with one attached hydrogen (secondary N) is 4. The van der Waals surface area contributed by atoms with Gasteiger partial charge in [0.25, 0.3) is 0 Å². The van der Waals surface area contributed by atoms with Gasteiger partial charge in [-0.15, -0.1) is 0 Å². The molecule has 2 aliphatic heterocycles. The van der Waals surface area contributed by atoms with Gasteiger partial charge in [-0.1, -0.05) is 30.3 Å². The van der Waals surface area contributed by atoms with Crippen LogP contribution in [0.25, 0.3) is 22.3 Å². The van der Waals surface area contributed by atoms with Crippen molar-refractivity contribution in [3.8, 4) is 28.0 Å². The van der Waals surface area contributed by atoms with Crippen molar-refractivity contribution in [3.05, 3.63) is 71.0 Å². The van der Waals surface area contributed by atoms with E-state index in [1.807, 2.05) is 50.2 Å². The zero-order chi connectivity index (χ0) is 31.5. The molecule has 2 fully saturated rings. The summed E-state index contributed by atoms with van der Waals surface area (Å²) in [6.45, 7) is 4.55. The number of anilines is 1. The lowest BCUT2D eigenvalue weighted by Gasteiger charge is -2.28. The monoisotopic (exact) mass is 601 g/mol. The Labute approximate surface area is 255 Å². The largest absolute Gasteiger partial charge is 0.496 e. The van der Waals surface area contributed by atoms with Crippen LogP contribution in [0, 0.1) is 25.6 Å². The molecule has 230 valence electrons. The fraction of sp³-hybridized carbons (Fsp3) is 0.333. The third kappa shape index (κ3) is 6.14. The predicted octanol–water partition coefficient (Wildman–Crippen LogP) is 3.89. The number of imide groups is 1. The summed E-state index contributed by atoms with van der Waals surface area (Å²) >= 11 is 0. The minimum absolute atomic E-state index is 0.0284. The molecule has 0 saturated carbocycles. The molecule has 2 atom stereocenters. The van der Waals surface area contributed by atoms with Crippen molar-refractivity contribution in [1.29, 1.82) is 0 Å². The molecule has 3 aromatic rings. The van der Waals surface area contributed by atoms with Crippen LogP contribution in [0.5, 0.6) is 5.75 Å². The van der Waals surface area contributed by atoms with Gasteiger partial charge in [0.05, 0.1) is 7.11 Å². The number of rotatable bonds is 8. The molecule has 1 unspecified atom stereocenters. The lowest BCUT2D eigenvalue weighted by atomic mass is 9.90. The Bertz CT molecular complexity index is 1630. The number of carbonyl (C=O) groups is 4. The van der Waals surface area contributed by atoms with Crippen LogP contribution < -0.4 is 26.0 Å². The number of urea groups is 1. The first-order chi connectivity index (χ1) is 21.1. The molecule has 2 heterocycles. The van der Waals surface area contributed by atoms with Crippen LogP contribution in [0.1, 0.15) is 29.5 Å². The molecular formula is C33H36FN5O5. The van der Waals surface area contributed by atoms with Crippen LogP contribution in [-0.2, 0) is 20.9 Å². The molecule has 0 aromatic heterocycles. The number of ether oxygens (including phenoxy) is 1. The van der Waals surface area contributed by atoms with Gasteiger partial charge in [-0.25, -0.2) is 9.18 Å². The summed E-state index contributed by atoms with van der Waals surface area (Å²) in [4.78, 5) is 49.7. The second kappa shape index (κ2) is 12.8. The number of hydrogen-bond donors (Lipinski definition) is 4. The quantitative estimate of drug-likeness (QED) is 0.290. The van der Waals surface area contributed by atoms with E-state index in [0.29, 0.717) is 42.0 Å². The highest BCUT2D eigenvalue weighted by Crippen LogP contribution is 2.38. The van der Waals surface area contributed by atoms with E-state index in [0.717, 1.165) is 32.7 Å². The number of benzene rings is 3. The first-order valence-corrected chi connectivity index (χ1v) is 14.5. The van der Waals surface area contributed by atoms with Crippen molar-refractivity contribution in [2.45, 2.75) is 39.3 Å². The summed E-state index contributed by atoms with van der Waals surface area (Å²) in [5.74, 6) is -2.03. The maximum Gasteiger partial charge on any atom is 0.323 e. The number of hydrogen-bond acceptors (Lipinski definition) is 6. The molecule has 10 nitrogen and oxygen atoms in total. The van der Waals surface area contributed by atoms with E-state index in [4.69, 9.17) is 4.74 Å². The maximum absolute atomic E-state index is 15.5. The van der Waals surface area contributed by atoms with Gasteiger partial charge in [-0.05, 0) is 71.8 Å². The third-order valence-electron chi connectivity index (χ3n) is 8.44. The van der Waals surface area contributed by atoms with E-state index in [-0.39, 0.29) is 25.0 Å². The first kappa shape index (κ1) is 30.7. The van der Waals surface area contributed by atoms with Crippen LogP contribution >= 0.6 is 0 Å². The molecule has 0 spiro atoms. The van der Waals surface area contributed by atoms with Crippen LogP contribution in [0.4, 0.5) is 14.9 Å². The highest BCUT2D eigenvalue weighted by atomic mass is 19.1. The molecule has 0 bridgehead atoms. The molecule has 0 radical (unpaired) electrons. The minimum Gasteiger partial charge on any atom is -0.496 e. The predicted molar refractivity (Wildman–Crippen MR) is 164 cm³/mol. The van der Waals surface area contributed by atoms with Crippen LogP contribution in [0.15, 0.2) is 48.5 Å². The number of nitrogens with zero attached hydrogens (tertiary/aromatic N) is 1. The van der Waals surface area contributed by atoms with Gasteiger partial charge < -0.3 is 26.0 Å². The summed E-state index contributed by atoms with van der Waals surface area (Å²) < 4.78 is 21.1. The van der Waals surface area contributed by atoms with E-state index >= 15 is 4.39 Å². The van der Waals surface area contributed by atoms with E-state index < -0.39 is 29.6 Å². The minimum atomic E-state index is -1.03. The van der Waals surface area contributed by atoms with E-state index in [9.17, 15) is 19.2 Å². The number of carbonyl (C=O) groups excluding carboxylic acids is 4. The van der Waals surface area contributed by atoms with Crippen LogP contribution in [0.3, 0.4) is 0 Å². The Kier molecular flexibility index (Phi) is 8.96. The smallest absolute Gasteiger partial charge is 0.323 e. The molecule has 2 aliphatic rings. The Balaban J connectivity index is 1.40. The topological polar surface area (TPSA) is 129 Å². The van der Waals surface area contributed by atoms with Crippen molar-refractivity contribution >= 4 is 29.4 Å². The highest BCUT2D eigenvalue weighted by molar-refractivity contribution is 6.12. The van der Waals surface area contributed by atoms with Crippen molar-refractivity contribution < 1.29 is 28.3 Å². The second-order valence-corrected chi connectivity index (χ2v) is 11.1. The van der Waals surface area contributed by atoms with Crippen LogP contribution in [-0.4, -0.2) is 61.9 Å². The molecular weight excluding hydrogens is 565 g/mol. The number of methoxy groups -OCH3 is 1. The summed E-state index contributed by atoms with van der Waals surface area (Å²) in [5.41, 5.74) is 5.94. The molecule has 5 amide bonds. The zero-order valence-corrected chi connectivity index (χ0v) is 25.2. The van der Waals surface area contributed by atoms with Gasteiger partial charge >= 0.3 is 6.03 Å². The van der Waals surface area contributed by atoms with Gasteiger partial charge in [0.15, 0.2) is 0 Å². The van der Waals surface area contributed by atoms with Gasteiger partial charge in [0.2, 0.25) is 17.7 Å². The van der Waals surface area contributed by atoms with Crippen molar-refractivity contribution in [2.24, 2.45) is 5.92 Å². The number of piperidine rings is 1. The van der Waals surface area contributed by atoms with Gasteiger partial charge in [-0.3, -0.25) is 19.3 Å². The third-order valence-corrected chi connectivity index (χ3v) is 8.44. The fourth-order valence-corrected chi connectivity index (χ4v) is 5.73. The molecule has 2 saturated heterocycles. The Hall–Kier alpha value is -4.77. The highest BCUT2D eigenvalue weighted by Gasteiger charge is 2.36. The fourth-order valence-electron chi connectivity index (χ4n) is 5.73.